The van der Waals surface area contributed by atoms with Gasteiger partial charge in [-0.05, 0) is 56.2 Å². The molecule has 7 heteroatoms. The van der Waals surface area contributed by atoms with Crippen LogP contribution in [-0.2, 0) is 4.79 Å². The average Bonchev–Trinajstić information content (AvgIpc) is 3.20. The van der Waals surface area contributed by atoms with Crippen molar-refractivity contribution in [3.05, 3.63) is 83.7 Å². The van der Waals surface area contributed by atoms with E-state index in [2.05, 4.69) is 20.5 Å². The Balaban J connectivity index is 1.60. The van der Waals surface area contributed by atoms with Crippen LogP contribution in [0.25, 0.3) is 17.1 Å². The second-order valence-electron chi connectivity index (χ2n) is 7.32. The van der Waals surface area contributed by atoms with Gasteiger partial charge in [0, 0.05) is 29.3 Å². The third-order valence-corrected chi connectivity index (χ3v) is 5.85. The number of hydrogen-bond donors (Lipinski definition) is 1. The second kappa shape index (κ2) is 9.14. The van der Waals surface area contributed by atoms with Gasteiger partial charge in [-0.2, -0.15) is 0 Å². The normalized spacial score (nSPS) is 10.8. The Morgan fingerprint density at radius 2 is 1.71 bits per heavy atom. The van der Waals surface area contributed by atoms with Crippen LogP contribution in [0.5, 0.6) is 0 Å². The molecule has 156 valence electrons. The first-order valence-corrected chi connectivity index (χ1v) is 10.9. The molecule has 4 rings (SSSR count). The largest absolute Gasteiger partial charge is 0.325 e. The van der Waals surface area contributed by atoms with Crippen molar-refractivity contribution in [1.82, 2.24) is 19.7 Å². The van der Waals surface area contributed by atoms with Crippen molar-refractivity contribution >= 4 is 23.4 Å². The van der Waals surface area contributed by atoms with Crippen LogP contribution in [0.15, 0.2) is 72.1 Å². The minimum Gasteiger partial charge on any atom is -0.325 e. The molecule has 0 saturated heterocycles. The minimum absolute atomic E-state index is 0.0798. The number of benzene rings is 2. The summed E-state index contributed by atoms with van der Waals surface area (Å²) < 4.78 is 1.97. The summed E-state index contributed by atoms with van der Waals surface area (Å²) in [6.07, 6.45) is 3.49. The van der Waals surface area contributed by atoms with Crippen LogP contribution in [0.2, 0.25) is 0 Å². The highest BCUT2D eigenvalue weighted by Gasteiger charge is 2.18. The molecule has 2 heterocycles. The summed E-state index contributed by atoms with van der Waals surface area (Å²) >= 11 is 1.36. The van der Waals surface area contributed by atoms with Gasteiger partial charge in [-0.3, -0.25) is 14.3 Å². The van der Waals surface area contributed by atoms with E-state index in [0.29, 0.717) is 11.0 Å². The summed E-state index contributed by atoms with van der Waals surface area (Å²) in [7, 11) is 0. The van der Waals surface area contributed by atoms with Gasteiger partial charge in [-0.15, -0.1) is 10.2 Å². The first-order valence-electron chi connectivity index (χ1n) is 9.94. The standard InChI is InChI=1S/C24H23N5OS/c1-16-9-11-20(12-10-16)29-23(19-8-5-13-25-14-19)27-28-24(29)31-15-21(30)26-22-17(2)6-4-7-18(22)3/h4-14H,15H2,1-3H3,(H,26,30). The highest BCUT2D eigenvalue weighted by Crippen LogP contribution is 2.28. The zero-order valence-corrected chi connectivity index (χ0v) is 18.5. The Bertz CT molecular complexity index is 1180. The maximum absolute atomic E-state index is 12.7. The number of carbonyl (C=O) groups is 1. The SMILES string of the molecule is Cc1ccc(-n2c(SCC(=O)Nc3c(C)cccc3C)nnc2-c2cccnc2)cc1. The van der Waals surface area contributed by atoms with E-state index in [-0.39, 0.29) is 11.7 Å². The minimum atomic E-state index is -0.0798. The van der Waals surface area contributed by atoms with Crippen LogP contribution < -0.4 is 5.32 Å². The van der Waals surface area contributed by atoms with E-state index in [4.69, 9.17) is 0 Å². The van der Waals surface area contributed by atoms with Gasteiger partial charge in [-0.25, -0.2) is 0 Å². The molecule has 0 saturated carbocycles. The molecule has 4 aromatic rings. The number of aromatic nitrogens is 4. The molecule has 1 N–H and O–H groups in total. The molecule has 0 aliphatic rings. The van der Waals surface area contributed by atoms with E-state index in [1.54, 1.807) is 12.4 Å². The molecule has 0 fully saturated rings. The van der Waals surface area contributed by atoms with Gasteiger partial charge in [0.2, 0.25) is 5.91 Å². The number of pyridine rings is 1. The van der Waals surface area contributed by atoms with Crippen LogP contribution in [0.3, 0.4) is 0 Å². The predicted octanol–water partition coefficient (Wildman–Crippen LogP) is 4.99. The van der Waals surface area contributed by atoms with Crippen LogP contribution in [0.4, 0.5) is 5.69 Å². The first-order chi connectivity index (χ1) is 15.0. The molecule has 6 nitrogen and oxygen atoms in total. The number of hydrogen-bond acceptors (Lipinski definition) is 5. The highest BCUT2D eigenvalue weighted by molar-refractivity contribution is 7.99. The summed E-state index contributed by atoms with van der Waals surface area (Å²) in [6, 6.07) is 17.9. The molecular weight excluding hydrogens is 406 g/mol. The summed E-state index contributed by atoms with van der Waals surface area (Å²) in [4.78, 5) is 16.9. The van der Waals surface area contributed by atoms with Crippen molar-refractivity contribution < 1.29 is 4.79 Å². The third kappa shape index (κ3) is 4.67. The number of thioether (sulfide) groups is 1. The summed E-state index contributed by atoms with van der Waals surface area (Å²) in [5, 5.41) is 12.4. The summed E-state index contributed by atoms with van der Waals surface area (Å²) in [5.74, 6) is 0.837. The molecule has 0 bridgehead atoms. The Hall–Kier alpha value is -3.45. The van der Waals surface area contributed by atoms with E-state index < -0.39 is 0 Å². The van der Waals surface area contributed by atoms with Crippen LogP contribution in [0, 0.1) is 20.8 Å². The van der Waals surface area contributed by atoms with Gasteiger partial charge in [-0.1, -0.05) is 47.7 Å². The molecule has 0 spiro atoms. The number of rotatable bonds is 6. The van der Waals surface area contributed by atoms with Crippen molar-refractivity contribution in [1.29, 1.82) is 0 Å². The van der Waals surface area contributed by atoms with Crippen LogP contribution in [-0.4, -0.2) is 31.4 Å². The molecule has 1 amide bonds. The number of carbonyl (C=O) groups excluding carboxylic acids is 1. The molecule has 2 aromatic heterocycles. The van der Waals surface area contributed by atoms with Crippen molar-refractivity contribution in [2.45, 2.75) is 25.9 Å². The van der Waals surface area contributed by atoms with E-state index in [0.717, 1.165) is 28.1 Å². The maximum atomic E-state index is 12.7. The number of aryl methyl sites for hydroxylation is 3. The van der Waals surface area contributed by atoms with Gasteiger partial charge in [0.1, 0.15) is 0 Å². The quantitative estimate of drug-likeness (QED) is 0.437. The van der Waals surface area contributed by atoms with Gasteiger partial charge in [0.25, 0.3) is 0 Å². The zero-order valence-electron chi connectivity index (χ0n) is 17.7. The van der Waals surface area contributed by atoms with Crippen molar-refractivity contribution in [3.63, 3.8) is 0 Å². The zero-order chi connectivity index (χ0) is 21.8. The lowest BCUT2D eigenvalue weighted by molar-refractivity contribution is -0.113. The monoisotopic (exact) mass is 429 g/mol. The fourth-order valence-corrected chi connectivity index (χ4v) is 4.04. The lowest BCUT2D eigenvalue weighted by atomic mass is 10.1. The Labute approximate surface area is 185 Å². The molecule has 0 radical (unpaired) electrons. The van der Waals surface area contributed by atoms with Gasteiger partial charge < -0.3 is 5.32 Å². The van der Waals surface area contributed by atoms with Crippen LogP contribution >= 0.6 is 11.8 Å². The number of amides is 1. The third-order valence-electron chi connectivity index (χ3n) is 4.92. The smallest absolute Gasteiger partial charge is 0.234 e. The molecule has 0 atom stereocenters. The molecular formula is C24H23N5OS. The maximum Gasteiger partial charge on any atom is 0.234 e. The van der Waals surface area contributed by atoms with Gasteiger partial charge >= 0.3 is 0 Å². The Morgan fingerprint density at radius 1 is 0.968 bits per heavy atom. The molecule has 0 aliphatic carbocycles. The van der Waals surface area contributed by atoms with E-state index in [1.165, 1.54) is 17.3 Å². The van der Waals surface area contributed by atoms with Crippen molar-refractivity contribution in [3.8, 4) is 17.1 Å². The first kappa shape index (κ1) is 20.8. The predicted molar refractivity (Wildman–Crippen MR) is 125 cm³/mol. The van der Waals surface area contributed by atoms with E-state index >= 15 is 0 Å². The topological polar surface area (TPSA) is 72.7 Å². The highest BCUT2D eigenvalue weighted by atomic mass is 32.2. The van der Waals surface area contributed by atoms with Crippen molar-refractivity contribution in [2.75, 3.05) is 11.1 Å². The fraction of sp³-hybridized carbons (Fsp3) is 0.167. The van der Waals surface area contributed by atoms with Crippen molar-refractivity contribution in [2.24, 2.45) is 0 Å². The lowest BCUT2D eigenvalue weighted by Crippen LogP contribution is -2.16. The second-order valence-corrected chi connectivity index (χ2v) is 8.26. The van der Waals surface area contributed by atoms with Crippen LogP contribution in [0.1, 0.15) is 16.7 Å². The molecule has 31 heavy (non-hydrogen) atoms. The van der Waals surface area contributed by atoms with E-state index in [9.17, 15) is 4.79 Å². The molecule has 2 aromatic carbocycles. The summed E-state index contributed by atoms with van der Waals surface area (Å²) in [6.45, 7) is 6.03. The number of anilines is 1. The molecule has 0 aliphatic heterocycles. The van der Waals surface area contributed by atoms with E-state index in [1.807, 2.05) is 79.9 Å². The number of nitrogens with one attached hydrogen (secondary N) is 1. The lowest BCUT2D eigenvalue weighted by Gasteiger charge is -2.12. The average molecular weight is 430 g/mol. The fourth-order valence-electron chi connectivity index (χ4n) is 3.29. The molecule has 0 unspecified atom stereocenters. The Morgan fingerprint density at radius 3 is 2.39 bits per heavy atom. The number of para-hydroxylation sites is 1. The van der Waals surface area contributed by atoms with Gasteiger partial charge in [0.05, 0.1) is 5.75 Å². The summed E-state index contributed by atoms with van der Waals surface area (Å²) in [5.41, 5.74) is 5.92. The Kier molecular flexibility index (Phi) is 6.13. The number of nitrogens with zero attached hydrogens (tertiary/aromatic N) is 4. The van der Waals surface area contributed by atoms with Gasteiger partial charge in [0.15, 0.2) is 11.0 Å².